The summed E-state index contributed by atoms with van der Waals surface area (Å²) in [6.07, 6.45) is 5.66. The van der Waals surface area contributed by atoms with E-state index in [4.69, 9.17) is 0 Å². The number of rotatable bonds is 0. The van der Waals surface area contributed by atoms with E-state index in [0.717, 1.165) is 12.1 Å². The fourth-order valence-corrected chi connectivity index (χ4v) is 4.98. The summed E-state index contributed by atoms with van der Waals surface area (Å²) in [5.74, 6) is 1.31. The van der Waals surface area contributed by atoms with Gasteiger partial charge >= 0.3 is 0 Å². The number of nitrogens with zero attached hydrogens (tertiary/aromatic N) is 1. The fourth-order valence-electron chi connectivity index (χ4n) is 3.37. The van der Waals surface area contributed by atoms with E-state index in [1.54, 1.807) is 0 Å². The molecule has 0 saturated carbocycles. The second kappa shape index (κ2) is 3.39. The zero-order valence-corrected chi connectivity index (χ0v) is 9.78. The van der Waals surface area contributed by atoms with Crippen LogP contribution in [0.1, 0.15) is 32.6 Å². The second-order valence-corrected chi connectivity index (χ2v) is 6.39. The average Bonchev–Trinajstić information content (AvgIpc) is 2.75. The first-order chi connectivity index (χ1) is 6.80. The van der Waals surface area contributed by atoms with Crippen molar-refractivity contribution in [3.8, 4) is 0 Å². The van der Waals surface area contributed by atoms with Gasteiger partial charge in [-0.2, -0.15) is 0 Å². The smallest absolute Gasteiger partial charge is 0.0817 e. The molecule has 0 radical (unpaired) electrons. The van der Waals surface area contributed by atoms with Crippen molar-refractivity contribution in [3.05, 3.63) is 0 Å². The largest absolute Gasteiger partial charge is 0.298 e. The lowest BCUT2D eigenvalue weighted by molar-refractivity contribution is 0.172. The molecule has 3 heteroatoms. The molecule has 3 aliphatic heterocycles. The van der Waals surface area contributed by atoms with Crippen molar-refractivity contribution in [2.45, 2.75) is 49.6 Å². The van der Waals surface area contributed by atoms with E-state index in [2.05, 4.69) is 28.9 Å². The Kier molecular flexibility index (Phi) is 2.30. The standard InChI is InChI=1S/C11H20N2S/c1-9-8-14-11(12-9)5-7-13-6-3-2-4-10(11)13/h9-10,12H,2-8H2,1H3. The van der Waals surface area contributed by atoms with E-state index in [1.807, 2.05) is 0 Å². The normalized spacial score (nSPS) is 48.6. The number of nitrogens with one attached hydrogen (secondary N) is 1. The summed E-state index contributed by atoms with van der Waals surface area (Å²) in [6.45, 7) is 5.01. The maximum Gasteiger partial charge on any atom is 0.0817 e. The minimum atomic E-state index is 0.444. The van der Waals surface area contributed by atoms with E-state index in [-0.39, 0.29) is 0 Å². The molecule has 0 bridgehead atoms. The van der Waals surface area contributed by atoms with Crippen LogP contribution in [0.15, 0.2) is 0 Å². The van der Waals surface area contributed by atoms with Crippen molar-refractivity contribution in [2.75, 3.05) is 18.8 Å². The zero-order chi connectivity index (χ0) is 9.60. The topological polar surface area (TPSA) is 15.3 Å². The molecule has 1 spiro atoms. The maximum absolute atomic E-state index is 3.85. The quantitative estimate of drug-likeness (QED) is 0.657. The zero-order valence-electron chi connectivity index (χ0n) is 8.96. The van der Waals surface area contributed by atoms with Crippen LogP contribution in [0, 0.1) is 0 Å². The molecule has 0 aromatic heterocycles. The van der Waals surface area contributed by atoms with E-state index < -0.39 is 0 Å². The maximum atomic E-state index is 3.85. The van der Waals surface area contributed by atoms with E-state index in [9.17, 15) is 0 Å². The molecule has 80 valence electrons. The molecular formula is C11H20N2S. The summed E-state index contributed by atoms with van der Waals surface area (Å²) in [4.78, 5) is 3.17. The van der Waals surface area contributed by atoms with Crippen LogP contribution in [-0.2, 0) is 0 Å². The number of hydrogen-bond donors (Lipinski definition) is 1. The van der Waals surface area contributed by atoms with Crippen LogP contribution in [0.2, 0.25) is 0 Å². The minimum absolute atomic E-state index is 0.444. The molecular weight excluding hydrogens is 192 g/mol. The van der Waals surface area contributed by atoms with Crippen LogP contribution in [-0.4, -0.2) is 40.7 Å². The predicted octanol–water partition coefficient (Wildman–Crippen LogP) is 1.67. The van der Waals surface area contributed by atoms with Crippen LogP contribution >= 0.6 is 11.8 Å². The van der Waals surface area contributed by atoms with Gasteiger partial charge in [-0.3, -0.25) is 10.2 Å². The Labute approximate surface area is 90.8 Å². The van der Waals surface area contributed by atoms with Crippen LogP contribution in [0.25, 0.3) is 0 Å². The Morgan fingerprint density at radius 2 is 2.29 bits per heavy atom. The SMILES string of the molecule is CC1CSC2(CCN3CCCCC32)N1. The van der Waals surface area contributed by atoms with Gasteiger partial charge < -0.3 is 0 Å². The lowest BCUT2D eigenvalue weighted by atomic mass is 9.98. The molecule has 0 aromatic carbocycles. The Bertz CT molecular complexity index is 233. The van der Waals surface area contributed by atoms with Gasteiger partial charge in [0.15, 0.2) is 0 Å². The van der Waals surface area contributed by atoms with E-state index in [0.29, 0.717) is 4.87 Å². The first kappa shape index (κ1) is 9.49. The average molecular weight is 212 g/mol. The van der Waals surface area contributed by atoms with Gasteiger partial charge in [-0.1, -0.05) is 6.42 Å². The lowest BCUT2D eigenvalue weighted by Gasteiger charge is -2.38. The van der Waals surface area contributed by atoms with Crippen molar-refractivity contribution in [2.24, 2.45) is 0 Å². The van der Waals surface area contributed by atoms with Gasteiger partial charge in [-0.05, 0) is 32.7 Å². The molecule has 3 fully saturated rings. The van der Waals surface area contributed by atoms with Gasteiger partial charge in [-0.15, -0.1) is 11.8 Å². The number of piperidine rings is 1. The van der Waals surface area contributed by atoms with Gasteiger partial charge in [0, 0.05) is 24.4 Å². The van der Waals surface area contributed by atoms with Gasteiger partial charge in [0.25, 0.3) is 0 Å². The molecule has 3 saturated heterocycles. The Morgan fingerprint density at radius 1 is 1.36 bits per heavy atom. The summed E-state index contributed by atoms with van der Waals surface area (Å²) in [7, 11) is 0. The van der Waals surface area contributed by atoms with Gasteiger partial charge in [0.05, 0.1) is 4.87 Å². The first-order valence-electron chi connectivity index (χ1n) is 5.96. The number of hydrogen-bond acceptors (Lipinski definition) is 3. The van der Waals surface area contributed by atoms with Crippen molar-refractivity contribution < 1.29 is 0 Å². The number of fused-ring (bicyclic) bond motifs is 2. The summed E-state index contributed by atoms with van der Waals surface area (Å²) < 4.78 is 0. The third-order valence-corrected chi connectivity index (χ3v) is 5.78. The van der Waals surface area contributed by atoms with E-state index >= 15 is 0 Å². The molecule has 2 nitrogen and oxygen atoms in total. The molecule has 3 aliphatic rings. The molecule has 3 heterocycles. The highest BCUT2D eigenvalue weighted by molar-refractivity contribution is 8.01. The summed E-state index contributed by atoms with van der Waals surface area (Å²) in [5.41, 5.74) is 0. The van der Waals surface area contributed by atoms with Gasteiger partial charge in [0.1, 0.15) is 0 Å². The first-order valence-corrected chi connectivity index (χ1v) is 6.94. The van der Waals surface area contributed by atoms with Crippen molar-refractivity contribution in [1.29, 1.82) is 0 Å². The Hall–Kier alpha value is 0.270. The highest BCUT2D eigenvalue weighted by atomic mass is 32.2. The minimum Gasteiger partial charge on any atom is -0.298 e. The van der Waals surface area contributed by atoms with Crippen LogP contribution in [0.5, 0.6) is 0 Å². The summed E-state index contributed by atoms with van der Waals surface area (Å²) >= 11 is 2.19. The molecule has 14 heavy (non-hydrogen) atoms. The predicted molar refractivity (Wildman–Crippen MR) is 61.6 cm³/mol. The summed E-state index contributed by atoms with van der Waals surface area (Å²) in [5, 5.41) is 3.85. The molecule has 3 unspecified atom stereocenters. The van der Waals surface area contributed by atoms with Crippen LogP contribution in [0.3, 0.4) is 0 Å². The third kappa shape index (κ3) is 1.33. The van der Waals surface area contributed by atoms with Crippen LogP contribution in [0.4, 0.5) is 0 Å². The Morgan fingerprint density at radius 3 is 3.07 bits per heavy atom. The molecule has 3 rings (SSSR count). The van der Waals surface area contributed by atoms with Gasteiger partial charge in [-0.25, -0.2) is 0 Å². The Balaban J connectivity index is 1.80. The monoisotopic (exact) mass is 212 g/mol. The fraction of sp³-hybridized carbons (Fsp3) is 1.00. The highest BCUT2D eigenvalue weighted by Crippen LogP contribution is 2.45. The molecule has 3 atom stereocenters. The van der Waals surface area contributed by atoms with Crippen LogP contribution < -0.4 is 5.32 Å². The molecule has 0 amide bonds. The highest BCUT2D eigenvalue weighted by Gasteiger charge is 2.51. The summed E-state index contributed by atoms with van der Waals surface area (Å²) in [6, 6.07) is 1.56. The second-order valence-electron chi connectivity index (χ2n) is 5.04. The number of thioether (sulfide) groups is 1. The third-order valence-electron chi connectivity index (χ3n) is 4.00. The van der Waals surface area contributed by atoms with Crippen molar-refractivity contribution in [1.82, 2.24) is 10.2 Å². The lowest BCUT2D eigenvalue weighted by Crippen LogP contribution is -2.52. The van der Waals surface area contributed by atoms with E-state index in [1.165, 1.54) is 44.5 Å². The van der Waals surface area contributed by atoms with Crippen molar-refractivity contribution >= 4 is 11.8 Å². The molecule has 0 aromatic rings. The molecule has 0 aliphatic carbocycles. The molecule has 1 N–H and O–H groups in total. The van der Waals surface area contributed by atoms with Crippen molar-refractivity contribution in [3.63, 3.8) is 0 Å². The van der Waals surface area contributed by atoms with Gasteiger partial charge in [0.2, 0.25) is 0 Å².